The summed E-state index contributed by atoms with van der Waals surface area (Å²) in [4.78, 5) is 20.8. The normalized spacial score (nSPS) is 10.3. The Bertz CT molecular complexity index is 546. The number of non-ortho nitro benzene ring substituents is 1. The van der Waals surface area contributed by atoms with Gasteiger partial charge in [-0.05, 0) is 12.1 Å². The van der Waals surface area contributed by atoms with Gasteiger partial charge >= 0.3 is 5.97 Å². The molecule has 0 aromatic heterocycles. The number of ether oxygens (including phenoxy) is 5. The number of nitrogens with zero attached hydrogens (tertiary/aromatic N) is 1. The van der Waals surface area contributed by atoms with Crippen molar-refractivity contribution in [3.63, 3.8) is 0 Å². The fourth-order valence-electron chi connectivity index (χ4n) is 1.68. The quantitative estimate of drug-likeness (QED) is 0.151. The second-order valence-electron chi connectivity index (χ2n) is 4.81. The third-order valence-corrected chi connectivity index (χ3v) is 2.93. The van der Waals surface area contributed by atoms with Crippen LogP contribution in [-0.4, -0.2) is 63.7 Å². The van der Waals surface area contributed by atoms with Crippen molar-refractivity contribution in [1.82, 2.24) is 0 Å². The van der Waals surface area contributed by atoms with Crippen LogP contribution in [0, 0.1) is 10.1 Å². The van der Waals surface area contributed by atoms with Crippen LogP contribution in [0.5, 0.6) is 5.75 Å². The minimum absolute atomic E-state index is 0.0208. The molecule has 0 radical (unpaired) electrons. The molecule has 1 aromatic carbocycles. The maximum atomic E-state index is 10.7. The zero-order valence-corrected chi connectivity index (χ0v) is 14.5. The molecule has 0 aliphatic carbocycles. The highest BCUT2D eigenvalue weighted by molar-refractivity contribution is 5.81. The highest BCUT2D eigenvalue weighted by Crippen LogP contribution is 2.16. The van der Waals surface area contributed by atoms with E-state index in [1.54, 1.807) is 12.1 Å². The van der Waals surface area contributed by atoms with Gasteiger partial charge in [0.2, 0.25) is 0 Å². The van der Waals surface area contributed by atoms with Gasteiger partial charge in [-0.15, -0.1) is 0 Å². The maximum absolute atomic E-state index is 10.7. The number of nitro groups is 1. The number of hydrogen-bond donors (Lipinski definition) is 0. The average Bonchev–Trinajstić information content (AvgIpc) is 2.65. The second-order valence-corrected chi connectivity index (χ2v) is 4.81. The number of benzene rings is 1. The average molecular weight is 369 g/mol. The molecule has 0 unspecified atom stereocenters. The SMILES string of the molecule is C=CC(=O)OCCOCCOCCOCCOc1ccc([N+](=O)[O-])cc1. The summed E-state index contributed by atoms with van der Waals surface area (Å²) < 4.78 is 26.0. The van der Waals surface area contributed by atoms with Gasteiger partial charge in [-0.25, -0.2) is 4.79 Å². The first-order valence-corrected chi connectivity index (χ1v) is 8.03. The molecule has 0 bridgehead atoms. The van der Waals surface area contributed by atoms with Gasteiger partial charge in [0.25, 0.3) is 5.69 Å². The van der Waals surface area contributed by atoms with Crippen molar-refractivity contribution in [1.29, 1.82) is 0 Å². The Kier molecular flexibility index (Phi) is 11.4. The van der Waals surface area contributed by atoms with Gasteiger partial charge in [0, 0.05) is 18.2 Å². The summed E-state index contributed by atoms with van der Waals surface area (Å²) in [7, 11) is 0. The molecule has 1 aromatic rings. The Hall–Kier alpha value is -2.49. The highest BCUT2D eigenvalue weighted by Gasteiger charge is 2.04. The standard InChI is InChI=1S/C17H23NO8/c1-2-17(19)26-14-12-24-10-8-22-7-9-23-11-13-25-16-5-3-15(4-6-16)18(20)21/h2-6H,1,7-14H2. The van der Waals surface area contributed by atoms with E-state index >= 15 is 0 Å². The minimum atomic E-state index is -0.473. The van der Waals surface area contributed by atoms with Gasteiger partial charge < -0.3 is 23.7 Å². The Balaban J connectivity index is 1.87. The first-order chi connectivity index (χ1) is 12.6. The van der Waals surface area contributed by atoms with Crippen molar-refractivity contribution in [2.24, 2.45) is 0 Å². The minimum Gasteiger partial charge on any atom is -0.491 e. The summed E-state index contributed by atoms with van der Waals surface area (Å²) >= 11 is 0. The van der Waals surface area contributed by atoms with Gasteiger partial charge in [0.15, 0.2) is 0 Å². The molecule has 0 saturated heterocycles. The number of hydrogen-bond acceptors (Lipinski definition) is 8. The van der Waals surface area contributed by atoms with E-state index in [2.05, 4.69) is 6.58 Å². The molecule has 0 fully saturated rings. The van der Waals surface area contributed by atoms with Crippen molar-refractivity contribution in [3.8, 4) is 5.75 Å². The molecule has 0 saturated carbocycles. The van der Waals surface area contributed by atoms with Crippen LogP contribution in [-0.2, 0) is 23.7 Å². The second kappa shape index (κ2) is 13.8. The molecule has 0 aliphatic heterocycles. The third kappa shape index (κ3) is 10.4. The molecule has 9 heteroatoms. The Morgan fingerprint density at radius 2 is 1.42 bits per heavy atom. The number of rotatable bonds is 15. The van der Waals surface area contributed by atoms with Crippen molar-refractivity contribution in [2.45, 2.75) is 0 Å². The predicted octanol–water partition coefficient (Wildman–Crippen LogP) is 1.75. The van der Waals surface area contributed by atoms with E-state index in [0.717, 1.165) is 6.08 Å². The molecule has 1 rings (SSSR count). The lowest BCUT2D eigenvalue weighted by molar-refractivity contribution is -0.384. The van der Waals surface area contributed by atoms with Gasteiger partial charge in [-0.3, -0.25) is 10.1 Å². The van der Waals surface area contributed by atoms with Gasteiger partial charge in [0.1, 0.15) is 19.0 Å². The lowest BCUT2D eigenvalue weighted by atomic mass is 10.3. The van der Waals surface area contributed by atoms with Crippen LogP contribution in [0.2, 0.25) is 0 Å². The van der Waals surface area contributed by atoms with Gasteiger partial charge in [-0.1, -0.05) is 6.58 Å². The molecule has 0 atom stereocenters. The molecule has 0 amide bonds. The molecule has 9 nitrogen and oxygen atoms in total. The van der Waals surface area contributed by atoms with Crippen LogP contribution < -0.4 is 4.74 Å². The van der Waals surface area contributed by atoms with E-state index < -0.39 is 10.9 Å². The number of nitro benzene ring substituents is 1. The van der Waals surface area contributed by atoms with Crippen LogP contribution in [0.15, 0.2) is 36.9 Å². The van der Waals surface area contributed by atoms with Crippen LogP contribution >= 0.6 is 0 Å². The molecule has 0 spiro atoms. The third-order valence-electron chi connectivity index (χ3n) is 2.93. The smallest absolute Gasteiger partial charge is 0.330 e. The summed E-state index contributed by atoms with van der Waals surface area (Å²) in [6, 6.07) is 5.85. The topological polar surface area (TPSA) is 106 Å². The van der Waals surface area contributed by atoms with E-state index in [-0.39, 0.29) is 12.3 Å². The Labute approximate surface area is 151 Å². The highest BCUT2D eigenvalue weighted by atomic mass is 16.6. The lowest BCUT2D eigenvalue weighted by Crippen LogP contribution is -2.14. The zero-order valence-electron chi connectivity index (χ0n) is 14.5. The summed E-state index contributed by atoms with van der Waals surface area (Å²) in [6.07, 6.45) is 1.10. The van der Waals surface area contributed by atoms with E-state index in [0.29, 0.717) is 52.0 Å². The first kappa shape index (κ1) is 21.6. The number of carbonyl (C=O) groups is 1. The summed E-state index contributed by atoms with van der Waals surface area (Å²) in [6.45, 7) is 6.14. The number of carbonyl (C=O) groups excluding carboxylic acids is 1. The predicted molar refractivity (Wildman–Crippen MR) is 92.2 cm³/mol. The Morgan fingerprint density at radius 3 is 1.92 bits per heavy atom. The van der Waals surface area contributed by atoms with Gasteiger partial charge in [-0.2, -0.15) is 0 Å². The van der Waals surface area contributed by atoms with Crippen molar-refractivity contribution in [2.75, 3.05) is 52.9 Å². The fourth-order valence-corrected chi connectivity index (χ4v) is 1.68. The summed E-state index contributed by atoms with van der Waals surface area (Å²) in [5.74, 6) is 0.0749. The first-order valence-electron chi connectivity index (χ1n) is 8.03. The van der Waals surface area contributed by atoms with Gasteiger partial charge in [0.05, 0.1) is 44.6 Å². The van der Waals surface area contributed by atoms with Crippen LogP contribution in [0.25, 0.3) is 0 Å². The van der Waals surface area contributed by atoms with E-state index in [9.17, 15) is 14.9 Å². The van der Waals surface area contributed by atoms with E-state index in [1.165, 1.54) is 12.1 Å². The monoisotopic (exact) mass is 369 g/mol. The summed E-state index contributed by atoms with van der Waals surface area (Å²) in [5, 5.41) is 10.5. The molecule has 0 heterocycles. The molecule has 0 N–H and O–H groups in total. The lowest BCUT2D eigenvalue weighted by Gasteiger charge is -2.08. The van der Waals surface area contributed by atoms with E-state index in [1.807, 2.05) is 0 Å². The molecular formula is C17H23NO8. The van der Waals surface area contributed by atoms with Crippen LogP contribution in [0.4, 0.5) is 5.69 Å². The summed E-state index contributed by atoms with van der Waals surface area (Å²) in [5.41, 5.74) is 0.0208. The number of esters is 1. The van der Waals surface area contributed by atoms with Crippen LogP contribution in [0.3, 0.4) is 0 Å². The maximum Gasteiger partial charge on any atom is 0.330 e. The molecule has 26 heavy (non-hydrogen) atoms. The fraction of sp³-hybridized carbons (Fsp3) is 0.471. The zero-order chi connectivity index (χ0) is 19.0. The Morgan fingerprint density at radius 1 is 0.923 bits per heavy atom. The molecule has 0 aliphatic rings. The van der Waals surface area contributed by atoms with Crippen LogP contribution in [0.1, 0.15) is 0 Å². The van der Waals surface area contributed by atoms with Crippen molar-refractivity contribution < 1.29 is 33.4 Å². The molecule has 144 valence electrons. The molecular weight excluding hydrogens is 346 g/mol. The van der Waals surface area contributed by atoms with Crippen molar-refractivity contribution >= 4 is 11.7 Å². The van der Waals surface area contributed by atoms with Crippen molar-refractivity contribution in [3.05, 3.63) is 47.0 Å². The largest absolute Gasteiger partial charge is 0.491 e. The van der Waals surface area contributed by atoms with E-state index in [4.69, 9.17) is 23.7 Å².